The molecule has 3 saturated heterocycles. The van der Waals surface area contributed by atoms with Crippen molar-refractivity contribution in [1.29, 1.82) is 0 Å². The maximum atomic E-state index is 12.8. The molecule has 14 atom stereocenters. The summed E-state index contributed by atoms with van der Waals surface area (Å²) in [7, 11) is 0. The lowest BCUT2D eigenvalue weighted by molar-refractivity contribution is -0.256. The molecule has 0 bridgehead atoms. The van der Waals surface area contributed by atoms with Crippen LogP contribution < -0.4 is 0 Å². The molecule has 5 aliphatic carbocycles. The summed E-state index contributed by atoms with van der Waals surface area (Å²) in [6, 6.07) is 0.527. The van der Waals surface area contributed by atoms with E-state index >= 15 is 0 Å². The van der Waals surface area contributed by atoms with Crippen LogP contribution in [0.25, 0.3) is 0 Å². The van der Waals surface area contributed by atoms with E-state index in [-0.39, 0.29) is 40.7 Å². The van der Waals surface area contributed by atoms with Crippen LogP contribution in [0.15, 0.2) is 0 Å². The Morgan fingerprint density at radius 1 is 0.957 bits per heavy atom. The van der Waals surface area contributed by atoms with Gasteiger partial charge >= 0.3 is 0 Å². The monoisotopic (exact) mass is 643 g/mol. The Hall–Kier alpha value is -0.280. The first-order valence-corrected chi connectivity index (χ1v) is 19.1. The van der Waals surface area contributed by atoms with Gasteiger partial charge in [-0.1, -0.05) is 41.5 Å². The topological polar surface area (TPSA) is 80.6 Å². The van der Waals surface area contributed by atoms with Crippen LogP contribution >= 0.6 is 0 Å². The molecule has 0 amide bonds. The molecule has 2 spiro atoms. The van der Waals surface area contributed by atoms with Gasteiger partial charge < -0.3 is 29.2 Å². The van der Waals surface area contributed by atoms with Crippen LogP contribution in [0, 0.1) is 56.7 Å². The van der Waals surface area contributed by atoms with Crippen LogP contribution in [0.3, 0.4) is 0 Å². The van der Waals surface area contributed by atoms with Crippen LogP contribution in [-0.2, 0) is 18.9 Å². The zero-order valence-corrected chi connectivity index (χ0v) is 30.4. The average molecular weight is 644 g/mol. The Kier molecular flexibility index (Phi) is 7.27. The zero-order chi connectivity index (χ0) is 32.9. The third-order valence-electron chi connectivity index (χ3n) is 17.4. The molecule has 46 heavy (non-hydrogen) atoms. The molecule has 3 aliphatic heterocycles. The Morgan fingerprint density at radius 3 is 2.33 bits per heavy atom. The Balaban J connectivity index is 1.05. The van der Waals surface area contributed by atoms with Crippen molar-refractivity contribution in [3.63, 3.8) is 0 Å². The lowest BCUT2D eigenvalue weighted by Gasteiger charge is -2.64. The number of aliphatic hydroxyl groups is 2. The molecule has 8 fully saturated rings. The standard InChI is InChI=1S/C39H65NO6/c1-23-18-26(24(2)34(5,6)42)46-37(9)31(23)35(7)14-15-39-22-38(39)13-12-29(45-30-19-40(16-17-44-30)25-20-43-21-25)33(3,4)27(38)10-11-28(39)36(35,8)32(37)41/h23-32,41-42H,10-22H2,1-9H3/t23-,24+,26?,27+,28?,29+,30+,31-,32-,35?,36-,37+,38?,39?/m1/s1. The van der Waals surface area contributed by atoms with Gasteiger partial charge in [0, 0.05) is 17.9 Å². The molecule has 5 unspecified atom stereocenters. The molecule has 5 saturated carbocycles. The second-order valence-electron chi connectivity index (χ2n) is 19.7. The Labute approximate surface area is 278 Å². The molecule has 0 aromatic heterocycles. The van der Waals surface area contributed by atoms with Crippen molar-refractivity contribution >= 4 is 0 Å². The number of fused-ring (bicyclic) bond motifs is 4. The summed E-state index contributed by atoms with van der Waals surface area (Å²) in [6.45, 7) is 24.9. The molecule has 262 valence electrons. The SMILES string of the molecule is C[C@@H]1CC([C@H](C)C(C)(C)O)O[C@@]2(C)[C@H]1C1(C)CCC34CC35CC[C@H](O[C@H]3CN(C6COC6)CCO3)C(C)(C)[C@@H]5CCC4[C@]1(C)[C@H]2O. The first kappa shape index (κ1) is 32.9. The molecule has 3 heterocycles. The van der Waals surface area contributed by atoms with E-state index in [9.17, 15) is 10.2 Å². The summed E-state index contributed by atoms with van der Waals surface area (Å²) < 4.78 is 25.7. The summed E-state index contributed by atoms with van der Waals surface area (Å²) >= 11 is 0. The van der Waals surface area contributed by atoms with E-state index in [4.69, 9.17) is 18.9 Å². The predicted octanol–water partition coefficient (Wildman–Crippen LogP) is 6.04. The molecular formula is C39H65NO6. The number of morpholine rings is 1. The van der Waals surface area contributed by atoms with Crippen molar-refractivity contribution in [2.45, 2.75) is 156 Å². The third-order valence-corrected chi connectivity index (χ3v) is 17.4. The van der Waals surface area contributed by atoms with Gasteiger partial charge in [0.2, 0.25) is 0 Å². The summed E-state index contributed by atoms with van der Waals surface area (Å²) in [6.07, 6.45) is 9.05. The lowest BCUT2D eigenvalue weighted by Crippen LogP contribution is -2.61. The molecule has 2 N–H and O–H groups in total. The van der Waals surface area contributed by atoms with Crippen molar-refractivity contribution < 1.29 is 29.2 Å². The van der Waals surface area contributed by atoms with Crippen molar-refractivity contribution in [1.82, 2.24) is 4.90 Å². The van der Waals surface area contributed by atoms with Gasteiger partial charge in [0.05, 0.1) is 61.9 Å². The second kappa shape index (κ2) is 10.2. The molecular weight excluding hydrogens is 578 g/mol. The van der Waals surface area contributed by atoms with Crippen LogP contribution in [0.1, 0.15) is 114 Å². The van der Waals surface area contributed by atoms with E-state index in [0.717, 1.165) is 45.8 Å². The van der Waals surface area contributed by atoms with Crippen LogP contribution in [0.5, 0.6) is 0 Å². The summed E-state index contributed by atoms with van der Waals surface area (Å²) in [4.78, 5) is 2.51. The highest BCUT2D eigenvalue weighted by atomic mass is 16.7. The lowest BCUT2D eigenvalue weighted by atomic mass is 9.41. The van der Waals surface area contributed by atoms with Crippen LogP contribution in [-0.4, -0.2) is 89.9 Å². The number of rotatable bonds is 5. The van der Waals surface area contributed by atoms with Gasteiger partial charge in [0.1, 0.15) is 0 Å². The van der Waals surface area contributed by atoms with Gasteiger partial charge in [-0.25, -0.2) is 0 Å². The highest BCUT2D eigenvalue weighted by Crippen LogP contribution is 2.90. The molecule has 8 aliphatic rings. The normalized spacial score (nSPS) is 55.6. The minimum Gasteiger partial charge on any atom is -0.390 e. The van der Waals surface area contributed by atoms with Crippen molar-refractivity contribution in [2.75, 3.05) is 32.9 Å². The van der Waals surface area contributed by atoms with Crippen LogP contribution in [0.4, 0.5) is 0 Å². The Morgan fingerprint density at radius 2 is 1.65 bits per heavy atom. The maximum Gasteiger partial charge on any atom is 0.170 e. The van der Waals surface area contributed by atoms with Crippen molar-refractivity contribution in [3.05, 3.63) is 0 Å². The van der Waals surface area contributed by atoms with E-state index in [0.29, 0.717) is 40.5 Å². The van der Waals surface area contributed by atoms with Crippen molar-refractivity contribution in [2.24, 2.45) is 56.7 Å². The summed E-state index contributed by atoms with van der Waals surface area (Å²) in [5.41, 5.74) is -0.798. The summed E-state index contributed by atoms with van der Waals surface area (Å²) in [5.74, 6) is 1.92. The van der Waals surface area contributed by atoms with E-state index in [1.165, 1.54) is 38.5 Å². The molecule has 7 nitrogen and oxygen atoms in total. The largest absolute Gasteiger partial charge is 0.390 e. The summed E-state index contributed by atoms with van der Waals surface area (Å²) in [5, 5.41) is 23.7. The number of hydrogen-bond donors (Lipinski definition) is 2. The first-order chi connectivity index (χ1) is 21.5. The van der Waals surface area contributed by atoms with E-state index in [1.54, 1.807) is 0 Å². The zero-order valence-electron chi connectivity index (χ0n) is 30.4. The predicted molar refractivity (Wildman–Crippen MR) is 177 cm³/mol. The van der Waals surface area contributed by atoms with Gasteiger partial charge in [0.25, 0.3) is 0 Å². The van der Waals surface area contributed by atoms with Gasteiger partial charge in [-0.15, -0.1) is 0 Å². The number of hydrogen-bond acceptors (Lipinski definition) is 7. The fourth-order valence-electron chi connectivity index (χ4n) is 14.7. The molecule has 8 rings (SSSR count). The number of aliphatic hydroxyl groups excluding tert-OH is 1. The minimum atomic E-state index is -0.816. The van der Waals surface area contributed by atoms with Gasteiger partial charge in [-0.2, -0.15) is 0 Å². The van der Waals surface area contributed by atoms with Gasteiger partial charge in [-0.05, 0) is 117 Å². The van der Waals surface area contributed by atoms with Gasteiger partial charge in [-0.3, -0.25) is 4.90 Å². The average Bonchev–Trinajstić information content (AvgIpc) is 3.59. The highest BCUT2D eigenvalue weighted by molar-refractivity contribution is 5.34. The Bertz CT molecular complexity index is 1220. The van der Waals surface area contributed by atoms with Crippen LogP contribution in [0.2, 0.25) is 0 Å². The van der Waals surface area contributed by atoms with Crippen molar-refractivity contribution in [3.8, 4) is 0 Å². The first-order valence-electron chi connectivity index (χ1n) is 19.1. The van der Waals surface area contributed by atoms with E-state index in [1.807, 2.05) is 13.8 Å². The van der Waals surface area contributed by atoms with Gasteiger partial charge in [0.15, 0.2) is 6.29 Å². The fraction of sp³-hybridized carbons (Fsp3) is 1.00. The maximum absolute atomic E-state index is 12.8. The third kappa shape index (κ3) is 4.03. The van der Waals surface area contributed by atoms with E-state index in [2.05, 4.69) is 53.4 Å². The molecule has 0 aromatic rings. The molecule has 7 heteroatoms. The van der Waals surface area contributed by atoms with E-state index < -0.39 is 17.3 Å². The highest BCUT2D eigenvalue weighted by Gasteiger charge is 2.86. The molecule has 0 aromatic carbocycles. The minimum absolute atomic E-state index is 0.00518. The quantitative estimate of drug-likeness (QED) is 0.378. The molecule has 0 radical (unpaired) electrons. The smallest absolute Gasteiger partial charge is 0.170 e. The fourth-order valence-corrected chi connectivity index (χ4v) is 14.7. The number of ether oxygens (including phenoxy) is 4. The number of nitrogens with zero attached hydrogens (tertiary/aromatic N) is 1. The second-order valence-corrected chi connectivity index (χ2v) is 19.7.